The van der Waals surface area contributed by atoms with E-state index in [2.05, 4.69) is 29.0 Å². The van der Waals surface area contributed by atoms with E-state index in [4.69, 9.17) is 16.3 Å². The highest BCUT2D eigenvalue weighted by Gasteiger charge is 2.29. The molecule has 0 aromatic carbocycles. The first-order valence-electron chi connectivity index (χ1n) is 10.5. The highest BCUT2D eigenvalue weighted by Crippen LogP contribution is 2.25. The minimum atomic E-state index is -0.119. The number of ether oxygens (including phenoxy) is 1. The van der Waals surface area contributed by atoms with Gasteiger partial charge in [-0.1, -0.05) is 25.4 Å². The van der Waals surface area contributed by atoms with Gasteiger partial charge in [0, 0.05) is 38.3 Å². The maximum atomic E-state index is 12.8. The molecule has 0 unspecified atom stereocenters. The van der Waals surface area contributed by atoms with Crippen LogP contribution in [0, 0.1) is 11.3 Å². The molecule has 0 saturated carbocycles. The number of carbonyl (C=O) groups excluding carboxylic acids is 2. The number of carbonyl (C=O) groups is 2. The number of hydrogen-bond donors (Lipinski definition) is 1. The predicted molar refractivity (Wildman–Crippen MR) is 119 cm³/mol. The lowest BCUT2D eigenvalue weighted by Crippen LogP contribution is -2.46. The molecule has 7 nitrogen and oxygen atoms in total. The van der Waals surface area contributed by atoms with E-state index in [1.807, 2.05) is 27.9 Å². The lowest BCUT2D eigenvalue weighted by Gasteiger charge is -2.33. The van der Waals surface area contributed by atoms with Gasteiger partial charge in [-0.05, 0) is 52.3 Å². The van der Waals surface area contributed by atoms with Crippen molar-refractivity contribution in [3.8, 4) is 5.88 Å². The Morgan fingerprint density at radius 1 is 1.33 bits per heavy atom. The predicted octanol–water partition coefficient (Wildman–Crippen LogP) is 3.08. The zero-order valence-corrected chi connectivity index (χ0v) is 19.8. The molecule has 1 aliphatic heterocycles. The summed E-state index contributed by atoms with van der Waals surface area (Å²) in [5.41, 5.74) is 0.442. The molecule has 1 N–H and O–H groups in total. The Balaban J connectivity index is 1.87. The van der Waals surface area contributed by atoms with E-state index in [-0.39, 0.29) is 29.3 Å². The van der Waals surface area contributed by atoms with E-state index < -0.39 is 0 Å². The molecule has 2 rings (SSSR count). The first-order chi connectivity index (χ1) is 14.0. The van der Waals surface area contributed by atoms with Crippen LogP contribution in [0.4, 0.5) is 0 Å². The van der Waals surface area contributed by atoms with Crippen molar-refractivity contribution in [2.75, 3.05) is 40.3 Å². The van der Waals surface area contributed by atoms with Crippen LogP contribution in [-0.2, 0) is 4.79 Å². The molecule has 2 heterocycles. The topological polar surface area (TPSA) is 74.8 Å². The molecular formula is C22H35ClN4O3. The summed E-state index contributed by atoms with van der Waals surface area (Å²) < 4.78 is 5.52. The number of aromatic nitrogens is 1. The fourth-order valence-corrected chi connectivity index (χ4v) is 3.97. The summed E-state index contributed by atoms with van der Waals surface area (Å²) in [5, 5.41) is 3.42. The fraction of sp³-hybridized carbons (Fsp3) is 0.682. The van der Waals surface area contributed by atoms with Gasteiger partial charge in [-0.3, -0.25) is 9.59 Å². The molecule has 168 valence electrons. The standard InChI is InChI=1S/C22H35ClN4O3/c1-15(2)30-20-18(23)11-17(12-24-20)21(29)27-9-7-16(8-10-27)19(28)25-13-22(3,4)14-26(5)6/h11-12,15-16H,7-10,13-14H2,1-6H3,(H,25,28). The Kier molecular flexibility index (Phi) is 8.50. The maximum Gasteiger partial charge on any atom is 0.255 e. The molecule has 1 saturated heterocycles. The second kappa shape index (κ2) is 10.4. The first kappa shape index (κ1) is 24.4. The molecule has 1 aromatic rings. The Morgan fingerprint density at radius 3 is 2.50 bits per heavy atom. The third-order valence-corrected chi connectivity index (χ3v) is 5.31. The van der Waals surface area contributed by atoms with Crippen molar-refractivity contribution < 1.29 is 14.3 Å². The Hall–Kier alpha value is -1.86. The van der Waals surface area contributed by atoms with Crippen LogP contribution in [-0.4, -0.2) is 73.0 Å². The van der Waals surface area contributed by atoms with Gasteiger partial charge in [-0.2, -0.15) is 0 Å². The van der Waals surface area contributed by atoms with E-state index in [9.17, 15) is 9.59 Å². The molecule has 0 aliphatic carbocycles. The van der Waals surface area contributed by atoms with E-state index in [1.165, 1.54) is 6.20 Å². The van der Waals surface area contributed by atoms with Crippen LogP contribution in [0.3, 0.4) is 0 Å². The fourth-order valence-electron chi connectivity index (χ4n) is 3.76. The zero-order valence-electron chi connectivity index (χ0n) is 19.0. The second-order valence-corrected chi connectivity index (χ2v) is 9.77. The highest BCUT2D eigenvalue weighted by molar-refractivity contribution is 6.32. The van der Waals surface area contributed by atoms with Gasteiger partial charge in [-0.25, -0.2) is 4.98 Å². The number of amides is 2. The number of hydrogen-bond acceptors (Lipinski definition) is 5. The van der Waals surface area contributed by atoms with Gasteiger partial charge in [0.05, 0.1) is 11.7 Å². The number of piperidine rings is 1. The lowest BCUT2D eigenvalue weighted by molar-refractivity contribution is -0.126. The summed E-state index contributed by atoms with van der Waals surface area (Å²) in [5.74, 6) is 0.226. The summed E-state index contributed by atoms with van der Waals surface area (Å²) in [6, 6.07) is 1.60. The molecule has 30 heavy (non-hydrogen) atoms. The van der Waals surface area contributed by atoms with Crippen LogP contribution in [0.25, 0.3) is 0 Å². The van der Waals surface area contributed by atoms with E-state index >= 15 is 0 Å². The third-order valence-electron chi connectivity index (χ3n) is 5.04. The van der Waals surface area contributed by atoms with E-state index in [1.54, 1.807) is 11.0 Å². The Labute approximate surface area is 185 Å². The molecule has 0 radical (unpaired) electrons. The van der Waals surface area contributed by atoms with Gasteiger partial charge < -0.3 is 19.9 Å². The number of pyridine rings is 1. The van der Waals surface area contributed by atoms with Gasteiger partial charge in [0.25, 0.3) is 5.91 Å². The van der Waals surface area contributed by atoms with Gasteiger partial charge in [0.15, 0.2) is 0 Å². The summed E-state index contributed by atoms with van der Waals surface area (Å²) in [4.78, 5) is 33.4. The van der Waals surface area contributed by atoms with Crippen molar-refractivity contribution in [3.05, 3.63) is 22.8 Å². The van der Waals surface area contributed by atoms with Crippen LogP contribution in [0.1, 0.15) is 50.9 Å². The van der Waals surface area contributed by atoms with Gasteiger partial charge in [-0.15, -0.1) is 0 Å². The number of nitrogens with zero attached hydrogens (tertiary/aromatic N) is 3. The minimum absolute atomic E-state index is 0.00748. The van der Waals surface area contributed by atoms with Crippen LogP contribution in [0.5, 0.6) is 5.88 Å². The first-order valence-corrected chi connectivity index (χ1v) is 10.9. The third kappa shape index (κ3) is 7.13. The smallest absolute Gasteiger partial charge is 0.255 e. The molecule has 0 spiro atoms. The molecular weight excluding hydrogens is 404 g/mol. The highest BCUT2D eigenvalue weighted by atomic mass is 35.5. The van der Waals surface area contributed by atoms with Gasteiger partial charge in [0.1, 0.15) is 5.02 Å². The SMILES string of the molecule is CC(C)Oc1ncc(C(=O)N2CCC(C(=O)NCC(C)(C)CN(C)C)CC2)cc1Cl. The van der Waals surface area contributed by atoms with Crippen molar-refractivity contribution in [1.29, 1.82) is 0 Å². The average Bonchev–Trinajstić information content (AvgIpc) is 2.66. The molecule has 0 atom stereocenters. The Bertz CT molecular complexity index is 744. The quantitative estimate of drug-likeness (QED) is 0.675. The van der Waals surface area contributed by atoms with Gasteiger partial charge >= 0.3 is 0 Å². The maximum absolute atomic E-state index is 12.8. The van der Waals surface area contributed by atoms with Crippen LogP contribution < -0.4 is 10.1 Å². The number of halogens is 1. The van der Waals surface area contributed by atoms with E-state index in [0.717, 1.165) is 6.54 Å². The largest absolute Gasteiger partial charge is 0.474 e. The summed E-state index contributed by atoms with van der Waals surface area (Å²) in [7, 11) is 4.06. The van der Waals surface area contributed by atoms with Crippen LogP contribution in [0.15, 0.2) is 12.3 Å². The Morgan fingerprint density at radius 2 is 1.97 bits per heavy atom. The molecule has 1 aromatic heterocycles. The number of likely N-dealkylation sites (tertiary alicyclic amines) is 1. The molecule has 2 amide bonds. The van der Waals surface area contributed by atoms with Crippen LogP contribution in [0.2, 0.25) is 5.02 Å². The van der Waals surface area contributed by atoms with Crippen molar-refractivity contribution in [3.63, 3.8) is 0 Å². The monoisotopic (exact) mass is 438 g/mol. The molecule has 8 heteroatoms. The van der Waals surface area contributed by atoms with Crippen LogP contribution >= 0.6 is 11.6 Å². The normalized spacial score (nSPS) is 15.6. The summed E-state index contributed by atoms with van der Waals surface area (Å²) >= 11 is 6.21. The number of rotatable bonds is 8. The van der Waals surface area contributed by atoms with E-state index in [0.29, 0.717) is 48.9 Å². The zero-order chi connectivity index (χ0) is 22.5. The lowest BCUT2D eigenvalue weighted by atomic mass is 9.91. The molecule has 1 aliphatic rings. The minimum Gasteiger partial charge on any atom is -0.474 e. The van der Waals surface area contributed by atoms with Gasteiger partial charge in [0.2, 0.25) is 11.8 Å². The van der Waals surface area contributed by atoms with Crippen molar-refractivity contribution in [1.82, 2.24) is 20.1 Å². The average molecular weight is 439 g/mol. The summed E-state index contributed by atoms with van der Waals surface area (Å²) in [6.45, 7) is 10.7. The van der Waals surface area contributed by atoms with Crippen molar-refractivity contribution >= 4 is 23.4 Å². The second-order valence-electron chi connectivity index (χ2n) is 9.36. The number of nitrogens with one attached hydrogen (secondary N) is 1. The van der Waals surface area contributed by atoms with Crippen molar-refractivity contribution in [2.45, 2.75) is 46.6 Å². The van der Waals surface area contributed by atoms with Crippen molar-refractivity contribution in [2.24, 2.45) is 11.3 Å². The molecule has 0 bridgehead atoms. The molecule has 1 fully saturated rings. The summed E-state index contributed by atoms with van der Waals surface area (Å²) in [6.07, 6.45) is 2.76.